The van der Waals surface area contributed by atoms with Crippen LogP contribution < -0.4 is 16.8 Å². The average molecular weight is 319 g/mol. The molecule has 0 bridgehead atoms. The Labute approximate surface area is 138 Å². The highest BCUT2D eigenvalue weighted by atomic mass is 16.5. The normalized spacial score (nSPS) is 18.7. The summed E-state index contributed by atoms with van der Waals surface area (Å²) in [6.07, 6.45) is 1.35. The molecular weight excluding hydrogens is 290 g/mol. The molecule has 1 unspecified atom stereocenters. The molecule has 1 atom stereocenters. The van der Waals surface area contributed by atoms with Crippen LogP contribution in [-0.2, 0) is 9.53 Å². The predicted molar refractivity (Wildman–Crippen MR) is 92.0 cm³/mol. The fourth-order valence-corrected chi connectivity index (χ4v) is 2.92. The highest BCUT2D eigenvalue weighted by Crippen LogP contribution is 2.29. The van der Waals surface area contributed by atoms with Crippen LogP contribution in [0.5, 0.6) is 0 Å². The number of hydrogen-bond acceptors (Lipinski definition) is 4. The fraction of sp³-hybridized carbons (Fsp3) is 0.611. The highest BCUT2D eigenvalue weighted by molar-refractivity contribution is 5.83. The minimum absolute atomic E-state index is 0.00227. The van der Waals surface area contributed by atoms with Gasteiger partial charge in [0.2, 0.25) is 5.91 Å². The molecule has 0 aromatic heterocycles. The van der Waals surface area contributed by atoms with Crippen LogP contribution >= 0.6 is 0 Å². The quantitative estimate of drug-likeness (QED) is 0.744. The number of hydrogen-bond donors (Lipinski definition) is 3. The summed E-state index contributed by atoms with van der Waals surface area (Å²) in [4.78, 5) is 12.5. The molecule has 0 saturated carbocycles. The van der Waals surface area contributed by atoms with Crippen LogP contribution in [0.1, 0.15) is 49.8 Å². The number of amides is 1. The smallest absolute Gasteiger partial charge is 0.227 e. The SMILES string of the molecule is CC(C)c1ccc(C(N)CNC(=O)C2(CN)CCOCC2)cc1. The highest BCUT2D eigenvalue weighted by Gasteiger charge is 2.38. The van der Waals surface area contributed by atoms with Gasteiger partial charge in [-0.1, -0.05) is 38.1 Å². The van der Waals surface area contributed by atoms with Crippen LogP contribution in [0, 0.1) is 5.41 Å². The van der Waals surface area contributed by atoms with Crippen molar-refractivity contribution in [2.45, 2.75) is 38.6 Å². The zero-order chi connectivity index (χ0) is 16.9. The third-order valence-electron chi connectivity index (χ3n) is 4.84. The van der Waals surface area contributed by atoms with Crippen LogP contribution in [0.4, 0.5) is 0 Å². The van der Waals surface area contributed by atoms with Gasteiger partial charge in [0.1, 0.15) is 0 Å². The Morgan fingerprint density at radius 3 is 2.30 bits per heavy atom. The minimum Gasteiger partial charge on any atom is -0.381 e. The van der Waals surface area contributed by atoms with E-state index in [0.29, 0.717) is 45.1 Å². The van der Waals surface area contributed by atoms with Gasteiger partial charge in [-0.25, -0.2) is 0 Å². The van der Waals surface area contributed by atoms with Gasteiger partial charge in [0.25, 0.3) is 0 Å². The first-order chi connectivity index (χ1) is 11.0. The Hall–Kier alpha value is -1.43. The van der Waals surface area contributed by atoms with Crippen molar-refractivity contribution < 1.29 is 9.53 Å². The molecule has 0 spiro atoms. The van der Waals surface area contributed by atoms with Gasteiger partial charge in [0.05, 0.1) is 5.41 Å². The number of rotatable bonds is 6. The van der Waals surface area contributed by atoms with Gasteiger partial charge in [0.15, 0.2) is 0 Å². The Balaban J connectivity index is 1.92. The van der Waals surface area contributed by atoms with Crippen molar-refractivity contribution in [1.29, 1.82) is 0 Å². The summed E-state index contributed by atoms with van der Waals surface area (Å²) < 4.78 is 5.34. The van der Waals surface area contributed by atoms with Crippen LogP contribution in [0.3, 0.4) is 0 Å². The monoisotopic (exact) mass is 319 g/mol. The fourth-order valence-electron chi connectivity index (χ4n) is 2.92. The minimum atomic E-state index is -0.501. The number of nitrogens with one attached hydrogen (secondary N) is 1. The first kappa shape index (κ1) is 17.9. The Kier molecular flexibility index (Phi) is 6.16. The Bertz CT molecular complexity index is 508. The van der Waals surface area contributed by atoms with Crippen molar-refractivity contribution in [3.8, 4) is 0 Å². The lowest BCUT2D eigenvalue weighted by Crippen LogP contribution is -2.50. The van der Waals surface area contributed by atoms with Crippen LogP contribution in [0.2, 0.25) is 0 Å². The lowest BCUT2D eigenvalue weighted by Gasteiger charge is -2.34. The third-order valence-corrected chi connectivity index (χ3v) is 4.84. The maximum Gasteiger partial charge on any atom is 0.227 e. The zero-order valence-corrected chi connectivity index (χ0v) is 14.2. The molecule has 1 heterocycles. The Morgan fingerprint density at radius 2 is 1.78 bits per heavy atom. The van der Waals surface area contributed by atoms with Crippen LogP contribution in [-0.4, -0.2) is 32.2 Å². The average Bonchev–Trinajstić information content (AvgIpc) is 2.59. The topological polar surface area (TPSA) is 90.4 Å². The van der Waals surface area contributed by atoms with Gasteiger partial charge in [-0.15, -0.1) is 0 Å². The number of carbonyl (C=O) groups excluding carboxylic acids is 1. The van der Waals surface area contributed by atoms with Crippen molar-refractivity contribution in [1.82, 2.24) is 5.32 Å². The van der Waals surface area contributed by atoms with Crippen molar-refractivity contribution in [3.05, 3.63) is 35.4 Å². The van der Waals surface area contributed by atoms with Gasteiger partial charge < -0.3 is 21.5 Å². The standard InChI is InChI=1S/C18H29N3O2/c1-13(2)14-3-5-15(6-4-14)16(20)11-21-17(22)18(12-19)7-9-23-10-8-18/h3-6,13,16H,7-12,19-20H2,1-2H3,(H,21,22). The summed E-state index contributed by atoms with van der Waals surface area (Å²) in [5.74, 6) is 0.496. The van der Waals surface area contributed by atoms with Crippen molar-refractivity contribution in [2.75, 3.05) is 26.3 Å². The molecule has 1 amide bonds. The second kappa shape index (κ2) is 7.90. The molecule has 5 nitrogen and oxygen atoms in total. The lowest BCUT2D eigenvalue weighted by molar-refractivity contribution is -0.135. The summed E-state index contributed by atoms with van der Waals surface area (Å²) in [7, 11) is 0. The largest absolute Gasteiger partial charge is 0.381 e. The van der Waals surface area contributed by atoms with E-state index in [1.807, 2.05) is 12.1 Å². The molecule has 1 aromatic rings. The van der Waals surface area contributed by atoms with Gasteiger partial charge in [0, 0.05) is 32.3 Å². The molecule has 0 aliphatic carbocycles. The van der Waals surface area contributed by atoms with E-state index in [9.17, 15) is 4.79 Å². The first-order valence-electron chi connectivity index (χ1n) is 8.40. The molecule has 5 N–H and O–H groups in total. The summed E-state index contributed by atoms with van der Waals surface area (Å²) in [6, 6.07) is 8.07. The van der Waals surface area contributed by atoms with E-state index in [-0.39, 0.29) is 11.9 Å². The predicted octanol–water partition coefficient (Wildman–Crippen LogP) is 1.68. The van der Waals surface area contributed by atoms with E-state index in [1.54, 1.807) is 0 Å². The van der Waals surface area contributed by atoms with E-state index >= 15 is 0 Å². The number of ether oxygens (including phenoxy) is 1. The zero-order valence-electron chi connectivity index (χ0n) is 14.2. The summed E-state index contributed by atoms with van der Waals surface area (Å²) in [5, 5.41) is 2.98. The van der Waals surface area contributed by atoms with E-state index in [2.05, 4.69) is 31.3 Å². The van der Waals surface area contributed by atoms with E-state index < -0.39 is 5.41 Å². The molecule has 5 heteroatoms. The van der Waals surface area contributed by atoms with Crippen LogP contribution in [0.15, 0.2) is 24.3 Å². The van der Waals surface area contributed by atoms with Gasteiger partial charge in [-0.05, 0) is 29.9 Å². The van der Waals surface area contributed by atoms with Gasteiger partial charge in [-0.3, -0.25) is 4.79 Å². The van der Waals surface area contributed by atoms with Crippen molar-refractivity contribution in [2.24, 2.45) is 16.9 Å². The second-order valence-corrected chi connectivity index (χ2v) is 6.73. The molecule has 0 radical (unpaired) electrons. The molecule has 1 aromatic carbocycles. The number of benzene rings is 1. The molecule has 1 aliphatic rings. The molecule has 1 saturated heterocycles. The summed E-state index contributed by atoms with van der Waals surface area (Å²) in [5.41, 5.74) is 13.9. The lowest BCUT2D eigenvalue weighted by atomic mass is 9.79. The summed E-state index contributed by atoms with van der Waals surface area (Å²) >= 11 is 0. The van der Waals surface area contributed by atoms with Crippen molar-refractivity contribution in [3.63, 3.8) is 0 Å². The number of carbonyl (C=O) groups is 1. The second-order valence-electron chi connectivity index (χ2n) is 6.73. The molecule has 23 heavy (non-hydrogen) atoms. The molecule has 2 rings (SSSR count). The maximum atomic E-state index is 12.5. The van der Waals surface area contributed by atoms with E-state index in [1.165, 1.54) is 5.56 Å². The maximum absolute atomic E-state index is 12.5. The van der Waals surface area contributed by atoms with E-state index in [4.69, 9.17) is 16.2 Å². The molecular formula is C18H29N3O2. The molecule has 1 fully saturated rings. The third kappa shape index (κ3) is 4.31. The molecule has 128 valence electrons. The van der Waals surface area contributed by atoms with Crippen LogP contribution in [0.25, 0.3) is 0 Å². The van der Waals surface area contributed by atoms with E-state index in [0.717, 1.165) is 5.56 Å². The first-order valence-corrected chi connectivity index (χ1v) is 8.40. The Morgan fingerprint density at radius 1 is 1.22 bits per heavy atom. The van der Waals surface area contributed by atoms with Gasteiger partial charge >= 0.3 is 0 Å². The number of nitrogens with two attached hydrogens (primary N) is 2. The van der Waals surface area contributed by atoms with Crippen molar-refractivity contribution >= 4 is 5.91 Å². The van der Waals surface area contributed by atoms with Gasteiger partial charge in [-0.2, -0.15) is 0 Å². The summed E-state index contributed by atoms with van der Waals surface area (Å²) in [6.45, 7) is 6.27. The molecule has 1 aliphatic heterocycles.